The summed E-state index contributed by atoms with van der Waals surface area (Å²) in [5, 5.41) is 4.28. The molecule has 3 nitrogen and oxygen atoms in total. The SMILES string of the molecule is CC(C)NCc1ccc(N2CCN(C(C)C)CC2)cc1Cl. The molecule has 1 heterocycles. The van der Waals surface area contributed by atoms with Gasteiger partial charge in [-0.05, 0) is 31.5 Å². The highest BCUT2D eigenvalue weighted by atomic mass is 35.5. The molecular weight excluding hydrogens is 282 g/mol. The van der Waals surface area contributed by atoms with Gasteiger partial charge in [-0.15, -0.1) is 0 Å². The number of piperazine rings is 1. The lowest BCUT2D eigenvalue weighted by molar-refractivity contribution is 0.209. The Morgan fingerprint density at radius 3 is 2.29 bits per heavy atom. The van der Waals surface area contributed by atoms with Crippen molar-refractivity contribution in [1.82, 2.24) is 10.2 Å². The second-order valence-corrected chi connectivity index (χ2v) is 6.84. The van der Waals surface area contributed by atoms with Crippen LogP contribution in [0.3, 0.4) is 0 Å². The molecule has 0 radical (unpaired) electrons. The van der Waals surface area contributed by atoms with Gasteiger partial charge in [-0.3, -0.25) is 4.90 Å². The van der Waals surface area contributed by atoms with Crippen molar-refractivity contribution in [2.24, 2.45) is 0 Å². The molecule has 1 aromatic rings. The first-order chi connectivity index (χ1) is 9.97. The third kappa shape index (κ3) is 4.60. The lowest BCUT2D eigenvalue weighted by Crippen LogP contribution is -2.48. The highest BCUT2D eigenvalue weighted by Gasteiger charge is 2.19. The number of hydrogen-bond donors (Lipinski definition) is 1. The van der Waals surface area contributed by atoms with Gasteiger partial charge >= 0.3 is 0 Å². The Balaban J connectivity index is 1.97. The van der Waals surface area contributed by atoms with Crippen LogP contribution in [0.25, 0.3) is 0 Å². The molecule has 0 bridgehead atoms. The Kier molecular flexibility index (Phi) is 5.91. The van der Waals surface area contributed by atoms with Gasteiger partial charge in [0.05, 0.1) is 0 Å². The predicted molar refractivity (Wildman–Crippen MR) is 92.3 cm³/mol. The normalized spacial score (nSPS) is 17.0. The van der Waals surface area contributed by atoms with E-state index in [1.807, 2.05) is 0 Å². The molecule has 2 rings (SSSR count). The largest absolute Gasteiger partial charge is 0.369 e. The molecule has 1 fully saturated rings. The summed E-state index contributed by atoms with van der Waals surface area (Å²) in [4.78, 5) is 4.96. The minimum absolute atomic E-state index is 0.477. The average Bonchev–Trinajstić information content (AvgIpc) is 2.46. The predicted octanol–water partition coefficient (Wildman–Crippen LogP) is 3.37. The van der Waals surface area contributed by atoms with E-state index in [2.05, 4.69) is 61.0 Å². The molecule has 1 aliphatic rings. The van der Waals surface area contributed by atoms with Crippen LogP contribution in [0.5, 0.6) is 0 Å². The molecule has 118 valence electrons. The first-order valence-corrected chi connectivity index (χ1v) is 8.36. The van der Waals surface area contributed by atoms with Crippen LogP contribution < -0.4 is 10.2 Å². The van der Waals surface area contributed by atoms with Gasteiger partial charge < -0.3 is 10.2 Å². The van der Waals surface area contributed by atoms with Crippen molar-refractivity contribution in [3.05, 3.63) is 28.8 Å². The van der Waals surface area contributed by atoms with Crippen molar-refractivity contribution in [3.8, 4) is 0 Å². The van der Waals surface area contributed by atoms with Gasteiger partial charge in [-0.1, -0.05) is 31.5 Å². The van der Waals surface area contributed by atoms with E-state index in [0.717, 1.165) is 37.7 Å². The van der Waals surface area contributed by atoms with E-state index in [-0.39, 0.29) is 0 Å². The molecule has 1 saturated heterocycles. The smallest absolute Gasteiger partial charge is 0.0471 e. The van der Waals surface area contributed by atoms with Crippen LogP contribution in [-0.4, -0.2) is 43.2 Å². The van der Waals surface area contributed by atoms with E-state index in [9.17, 15) is 0 Å². The molecule has 0 unspecified atom stereocenters. The molecule has 4 heteroatoms. The van der Waals surface area contributed by atoms with Gasteiger partial charge in [0.2, 0.25) is 0 Å². The van der Waals surface area contributed by atoms with Crippen LogP contribution in [0.1, 0.15) is 33.3 Å². The van der Waals surface area contributed by atoms with Gasteiger partial charge in [0, 0.05) is 55.5 Å². The molecule has 1 aliphatic heterocycles. The second-order valence-electron chi connectivity index (χ2n) is 6.43. The number of benzene rings is 1. The summed E-state index contributed by atoms with van der Waals surface area (Å²) < 4.78 is 0. The van der Waals surface area contributed by atoms with Crippen LogP contribution in [0, 0.1) is 0 Å². The summed E-state index contributed by atoms with van der Waals surface area (Å²) in [5.41, 5.74) is 2.42. The standard InChI is InChI=1S/C17H28ClN3/c1-13(2)19-12-15-5-6-16(11-17(15)18)21-9-7-20(8-10-21)14(3)4/h5-6,11,13-14,19H,7-10,12H2,1-4H3. The molecule has 1 N–H and O–H groups in total. The van der Waals surface area contributed by atoms with E-state index in [1.54, 1.807) is 0 Å². The summed E-state index contributed by atoms with van der Waals surface area (Å²) in [6.07, 6.45) is 0. The maximum atomic E-state index is 6.43. The van der Waals surface area contributed by atoms with Crippen LogP contribution in [0.2, 0.25) is 5.02 Å². The summed E-state index contributed by atoms with van der Waals surface area (Å²) in [7, 11) is 0. The second kappa shape index (κ2) is 7.48. The maximum absolute atomic E-state index is 6.43. The van der Waals surface area contributed by atoms with Crippen molar-refractivity contribution < 1.29 is 0 Å². The van der Waals surface area contributed by atoms with Gasteiger partial charge in [-0.2, -0.15) is 0 Å². The highest BCUT2D eigenvalue weighted by molar-refractivity contribution is 6.31. The molecular formula is C17H28ClN3. The fraction of sp³-hybridized carbons (Fsp3) is 0.647. The Morgan fingerprint density at radius 1 is 1.10 bits per heavy atom. The van der Waals surface area contributed by atoms with E-state index in [0.29, 0.717) is 12.1 Å². The van der Waals surface area contributed by atoms with Crippen LogP contribution in [0.15, 0.2) is 18.2 Å². The lowest BCUT2D eigenvalue weighted by atomic mass is 10.1. The molecule has 0 amide bonds. The van der Waals surface area contributed by atoms with Crippen molar-refractivity contribution in [2.75, 3.05) is 31.1 Å². The van der Waals surface area contributed by atoms with Crippen molar-refractivity contribution in [2.45, 2.75) is 46.3 Å². The molecule has 0 spiro atoms. The van der Waals surface area contributed by atoms with Gasteiger partial charge in [-0.25, -0.2) is 0 Å². The number of hydrogen-bond acceptors (Lipinski definition) is 3. The number of rotatable bonds is 5. The molecule has 0 aromatic heterocycles. The average molecular weight is 310 g/mol. The van der Waals surface area contributed by atoms with Gasteiger partial charge in [0.1, 0.15) is 0 Å². The van der Waals surface area contributed by atoms with Crippen molar-refractivity contribution in [3.63, 3.8) is 0 Å². The van der Waals surface area contributed by atoms with E-state index < -0.39 is 0 Å². The van der Waals surface area contributed by atoms with Crippen LogP contribution >= 0.6 is 11.6 Å². The number of halogens is 1. The number of anilines is 1. The Hall–Kier alpha value is -0.770. The minimum atomic E-state index is 0.477. The number of nitrogens with one attached hydrogen (secondary N) is 1. The molecule has 1 aromatic carbocycles. The summed E-state index contributed by atoms with van der Waals surface area (Å²) >= 11 is 6.43. The highest BCUT2D eigenvalue weighted by Crippen LogP contribution is 2.25. The van der Waals surface area contributed by atoms with Gasteiger partial charge in [0.25, 0.3) is 0 Å². The van der Waals surface area contributed by atoms with Gasteiger partial charge in [0.15, 0.2) is 0 Å². The summed E-state index contributed by atoms with van der Waals surface area (Å²) in [6, 6.07) is 7.59. The third-order valence-electron chi connectivity index (χ3n) is 4.15. The fourth-order valence-corrected chi connectivity index (χ4v) is 2.93. The first-order valence-electron chi connectivity index (χ1n) is 7.98. The summed E-state index contributed by atoms with van der Waals surface area (Å²) in [5.74, 6) is 0. The monoisotopic (exact) mass is 309 g/mol. The Bertz CT molecular complexity index is 451. The Labute approximate surface area is 134 Å². The fourth-order valence-electron chi connectivity index (χ4n) is 2.69. The van der Waals surface area contributed by atoms with E-state index in [1.165, 1.54) is 11.3 Å². The van der Waals surface area contributed by atoms with E-state index >= 15 is 0 Å². The van der Waals surface area contributed by atoms with Crippen molar-refractivity contribution >= 4 is 17.3 Å². The third-order valence-corrected chi connectivity index (χ3v) is 4.50. The molecule has 0 aliphatic carbocycles. The zero-order chi connectivity index (χ0) is 15.4. The number of nitrogens with zero attached hydrogens (tertiary/aromatic N) is 2. The topological polar surface area (TPSA) is 18.5 Å². The molecule has 0 saturated carbocycles. The van der Waals surface area contributed by atoms with E-state index in [4.69, 9.17) is 11.6 Å². The quantitative estimate of drug-likeness (QED) is 0.899. The molecule has 21 heavy (non-hydrogen) atoms. The minimum Gasteiger partial charge on any atom is -0.369 e. The summed E-state index contributed by atoms with van der Waals surface area (Å²) in [6.45, 7) is 14.1. The molecule has 0 atom stereocenters. The first kappa shape index (κ1) is 16.6. The van der Waals surface area contributed by atoms with Crippen LogP contribution in [-0.2, 0) is 6.54 Å². The van der Waals surface area contributed by atoms with Crippen LogP contribution in [0.4, 0.5) is 5.69 Å². The van der Waals surface area contributed by atoms with Crippen molar-refractivity contribution in [1.29, 1.82) is 0 Å². The maximum Gasteiger partial charge on any atom is 0.0471 e. The lowest BCUT2D eigenvalue weighted by Gasteiger charge is -2.38. The zero-order valence-electron chi connectivity index (χ0n) is 13.7. The Morgan fingerprint density at radius 2 is 1.76 bits per heavy atom. The zero-order valence-corrected chi connectivity index (χ0v) is 14.5.